The monoisotopic (exact) mass is 544 g/mol. The summed E-state index contributed by atoms with van der Waals surface area (Å²) in [6.45, 7) is -0.701. The first kappa shape index (κ1) is 28.4. The van der Waals surface area contributed by atoms with Crippen LogP contribution < -0.4 is 0 Å². The summed E-state index contributed by atoms with van der Waals surface area (Å²) in [4.78, 5) is 28.3. The summed E-state index contributed by atoms with van der Waals surface area (Å²) in [6.07, 6.45) is -11.5. The third kappa shape index (κ3) is 6.18. The van der Waals surface area contributed by atoms with Crippen molar-refractivity contribution in [2.45, 2.75) is 61.5 Å². The van der Waals surface area contributed by atoms with Gasteiger partial charge in [0.2, 0.25) is 0 Å². The average Bonchev–Trinajstić information content (AvgIpc) is 3.49. The zero-order valence-corrected chi connectivity index (χ0v) is 20.4. The minimum absolute atomic E-state index is 0.0702. The van der Waals surface area contributed by atoms with Crippen molar-refractivity contribution in [2.75, 3.05) is 6.61 Å². The number of esters is 2. The number of aromatic amines is 1. The van der Waals surface area contributed by atoms with Crippen LogP contribution in [0, 0.1) is 11.3 Å². The summed E-state index contributed by atoms with van der Waals surface area (Å²) < 4.78 is 22.3. The largest absolute Gasteiger partial charge is 0.455 e. The molecule has 1 aromatic heterocycles. The highest BCUT2D eigenvalue weighted by Gasteiger charge is 2.50. The molecule has 2 heterocycles. The first-order valence-electron chi connectivity index (χ1n) is 12.1. The molecule has 0 radical (unpaired) electrons. The molecule has 1 aliphatic heterocycles. The van der Waals surface area contributed by atoms with Gasteiger partial charge in [0.1, 0.15) is 42.3 Å². The Hall–Kier alpha value is -3.61. The quantitative estimate of drug-likeness (QED) is 0.186. The number of aliphatic hydroxyl groups is 5. The van der Waals surface area contributed by atoms with Gasteiger partial charge in [0.15, 0.2) is 12.4 Å². The second-order valence-corrected chi connectivity index (χ2v) is 9.04. The zero-order valence-electron chi connectivity index (χ0n) is 20.4. The normalized spacial score (nSPS) is 33.7. The van der Waals surface area contributed by atoms with Gasteiger partial charge in [0.25, 0.3) is 0 Å². The molecule has 1 aliphatic carbocycles. The maximum absolute atomic E-state index is 12.9. The van der Waals surface area contributed by atoms with Crippen molar-refractivity contribution in [1.82, 2.24) is 4.98 Å². The summed E-state index contributed by atoms with van der Waals surface area (Å²) in [7, 11) is 0. The molecule has 4 rings (SSSR count). The van der Waals surface area contributed by atoms with Crippen molar-refractivity contribution in [3.8, 4) is 6.07 Å². The highest BCUT2D eigenvalue weighted by molar-refractivity contribution is 5.89. The number of ether oxygens (including phenoxy) is 4. The molecular weight excluding hydrogens is 516 g/mol. The number of carbonyl (C=O) groups is 2. The fourth-order valence-corrected chi connectivity index (χ4v) is 4.47. The number of carbonyl (C=O) groups excluding carboxylic acids is 2. The zero-order chi connectivity index (χ0) is 28.1. The standard InChI is InChI=1S/C26H28N2O11/c27-9-8-14-16(37-26-22(33)21(32)20(31)18(12-29)38-26)11-17(36-24(34)13-5-2-1-3-6-13)23(19(14)30)39-25(35)15-7-4-10-28-15/h1-8,10,16-23,26,28-33H,11-12H2/t16-,17+,18+,19-,20+,21-,22+,23-,26+/m0/s1. The van der Waals surface area contributed by atoms with Crippen LogP contribution in [-0.2, 0) is 18.9 Å². The second-order valence-electron chi connectivity index (χ2n) is 9.04. The third-order valence-electron chi connectivity index (χ3n) is 6.54. The molecular formula is C26H28N2O11. The number of rotatable bonds is 7. The number of benzene rings is 1. The molecule has 2 aromatic rings. The van der Waals surface area contributed by atoms with E-state index in [-0.39, 0.29) is 23.3 Å². The Balaban J connectivity index is 1.62. The summed E-state index contributed by atoms with van der Waals surface area (Å²) >= 11 is 0. The van der Waals surface area contributed by atoms with Gasteiger partial charge in [-0.25, -0.2) is 9.59 Å². The number of nitrogens with zero attached hydrogens (tertiary/aromatic N) is 1. The maximum atomic E-state index is 12.9. The summed E-state index contributed by atoms with van der Waals surface area (Å²) in [5.74, 6) is -1.64. The number of hydrogen-bond acceptors (Lipinski definition) is 12. The van der Waals surface area contributed by atoms with E-state index in [0.717, 1.165) is 6.08 Å². The average molecular weight is 545 g/mol. The third-order valence-corrected chi connectivity index (χ3v) is 6.54. The first-order chi connectivity index (χ1) is 18.7. The lowest BCUT2D eigenvalue weighted by Crippen LogP contribution is -2.61. The lowest BCUT2D eigenvalue weighted by atomic mass is 9.84. The van der Waals surface area contributed by atoms with Gasteiger partial charge in [0, 0.05) is 24.3 Å². The molecule has 13 nitrogen and oxygen atoms in total. The van der Waals surface area contributed by atoms with E-state index in [1.54, 1.807) is 30.3 Å². The van der Waals surface area contributed by atoms with Crippen LogP contribution in [-0.4, -0.2) is 104 Å². The van der Waals surface area contributed by atoms with Crippen molar-refractivity contribution in [2.24, 2.45) is 0 Å². The van der Waals surface area contributed by atoms with E-state index in [1.807, 2.05) is 0 Å². The SMILES string of the molecule is N#CC=C1[C@@H](O[C@@H]2O[C@H](CO)[C@@H](O)[C@H](O)[C@H]2O)C[C@@H](OC(=O)c2ccccc2)[C@H](OC(=O)c2ccc[nH]2)[C@H]1O. The minimum Gasteiger partial charge on any atom is -0.455 e. The Morgan fingerprint density at radius 1 is 1.03 bits per heavy atom. The molecule has 1 saturated carbocycles. The lowest BCUT2D eigenvalue weighted by molar-refractivity contribution is -0.312. The number of allylic oxidation sites excluding steroid dienone is 1. The Labute approximate surface area is 222 Å². The molecule has 13 heteroatoms. The van der Waals surface area contributed by atoms with Crippen LogP contribution >= 0.6 is 0 Å². The number of aliphatic hydroxyl groups excluding tert-OH is 5. The van der Waals surface area contributed by atoms with Gasteiger partial charge in [0.05, 0.1) is 24.3 Å². The molecule has 9 atom stereocenters. The molecule has 2 fully saturated rings. The van der Waals surface area contributed by atoms with Gasteiger partial charge in [-0.1, -0.05) is 18.2 Å². The Kier molecular flexibility index (Phi) is 9.10. The Morgan fingerprint density at radius 2 is 1.77 bits per heavy atom. The van der Waals surface area contributed by atoms with E-state index >= 15 is 0 Å². The number of hydrogen-bond donors (Lipinski definition) is 6. The fraction of sp³-hybridized carbons (Fsp3) is 0.423. The highest BCUT2D eigenvalue weighted by Crippen LogP contribution is 2.35. The van der Waals surface area contributed by atoms with Gasteiger partial charge >= 0.3 is 11.9 Å². The number of H-pyrrole nitrogens is 1. The minimum atomic E-state index is -1.77. The van der Waals surface area contributed by atoms with Crippen LogP contribution in [0.25, 0.3) is 0 Å². The second kappa shape index (κ2) is 12.5. The molecule has 0 spiro atoms. The van der Waals surface area contributed by atoms with Crippen LogP contribution in [0.5, 0.6) is 0 Å². The van der Waals surface area contributed by atoms with Crippen LogP contribution in [0.1, 0.15) is 27.3 Å². The molecule has 1 saturated heterocycles. The predicted octanol–water partition coefficient (Wildman–Crippen LogP) is -0.835. The number of aromatic nitrogens is 1. The van der Waals surface area contributed by atoms with Crippen LogP contribution in [0.3, 0.4) is 0 Å². The molecule has 39 heavy (non-hydrogen) atoms. The molecule has 0 amide bonds. The van der Waals surface area contributed by atoms with Crippen LogP contribution in [0.4, 0.5) is 0 Å². The molecule has 1 aromatic carbocycles. The predicted molar refractivity (Wildman–Crippen MR) is 129 cm³/mol. The van der Waals surface area contributed by atoms with Gasteiger partial charge in [-0.05, 0) is 24.3 Å². The van der Waals surface area contributed by atoms with E-state index in [4.69, 9.17) is 18.9 Å². The van der Waals surface area contributed by atoms with Crippen molar-refractivity contribution >= 4 is 11.9 Å². The van der Waals surface area contributed by atoms with E-state index in [0.29, 0.717) is 0 Å². The van der Waals surface area contributed by atoms with E-state index in [2.05, 4.69) is 4.98 Å². The molecule has 0 bridgehead atoms. The summed E-state index contributed by atoms with van der Waals surface area (Å²) in [5, 5.41) is 60.7. The molecule has 0 unspecified atom stereocenters. The molecule has 2 aliphatic rings. The lowest BCUT2D eigenvalue weighted by Gasteiger charge is -2.44. The van der Waals surface area contributed by atoms with Gasteiger partial charge in [-0.15, -0.1) is 0 Å². The highest BCUT2D eigenvalue weighted by atomic mass is 16.7. The Bertz CT molecular complexity index is 1190. The summed E-state index contributed by atoms with van der Waals surface area (Å²) in [6, 6.07) is 12.7. The molecule has 208 valence electrons. The molecule has 6 N–H and O–H groups in total. The van der Waals surface area contributed by atoms with Crippen molar-refractivity contribution in [3.63, 3.8) is 0 Å². The van der Waals surface area contributed by atoms with Crippen LogP contribution in [0.2, 0.25) is 0 Å². The first-order valence-corrected chi connectivity index (χ1v) is 12.1. The van der Waals surface area contributed by atoms with E-state index < -0.39 is 73.7 Å². The van der Waals surface area contributed by atoms with Crippen molar-refractivity contribution in [1.29, 1.82) is 5.26 Å². The Morgan fingerprint density at radius 3 is 2.41 bits per heavy atom. The maximum Gasteiger partial charge on any atom is 0.355 e. The number of nitrogens with one attached hydrogen (secondary N) is 1. The van der Waals surface area contributed by atoms with Crippen molar-refractivity contribution < 1.29 is 54.1 Å². The van der Waals surface area contributed by atoms with Crippen molar-refractivity contribution in [3.05, 3.63) is 71.6 Å². The van der Waals surface area contributed by atoms with E-state index in [1.165, 1.54) is 24.4 Å². The van der Waals surface area contributed by atoms with Gasteiger partial charge < -0.3 is 49.5 Å². The number of nitriles is 1. The van der Waals surface area contributed by atoms with E-state index in [9.17, 15) is 40.4 Å². The van der Waals surface area contributed by atoms with Gasteiger partial charge in [-0.2, -0.15) is 5.26 Å². The van der Waals surface area contributed by atoms with Crippen LogP contribution in [0.15, 0.2) is 60.3 Å². The summed E-state index contributed by atoms with van der Waals surface area (Å²) in [5.41, 5.74) is 0.179. The smallest absolute Gasteiger partial charge is 0.355 e. The van der Waals surface area contributed by atoms with Gasteiger partial charge in [-0.3, -0.25) is 0 Å². The topological polar surface area (TPSA) is 212 Å². The fourth-order valence-electron chi connectivity index (χ4n) is 4.47.